The zero-order valence-electron chi connectivity index (χ0n) is 10.1. The van der Waals surface area contributed by atoms with Crippen molar-refractivity contribution in [3.63, 3.8) is 0 Å². The van der Waals surface area contributed by atoms with E-state index < -0.39 is 0 Å². The lowest BCUT2D eigenvalue weighted by molar-refractivity contribution is 0.578. The molecule has 3 rings (SSSR count). The Balaban J connectivity index is 1.89. The molecule has 0 amide bonds. The summed E-state index contributed by atoms with van der Waals surface area (Å²) in [6.07, 6.45) is 6.01. The Morgan fingerprint density at radius 2 is 2.16 bits per heavy atom. The van der Waals surface area contributed by atoms with Gasteiger partial charge in [0.05, 0.1) is 0 Å². The third-order valence-corrected chi connectivity index (χ3v) is 4.45. The van der Waals surface area contributed by atoms with E-state index in [0.29, 0.717) is 9.50 Å². The molecule has 2 aromatic rings. The van der Waals surface area contributed by atoms with E-state index in [4.69, 9.17) is 0 Å². The average Bonchev–Trinajstić information content (AvgIpc) is 2.61. The molecule has 1 aliphatic heterocycles. The van der Waals surface area contributed by atoms with Gasteiger partial charge in [-0.05, 0) is 46.6 Å². The highest BCUT2D eigenvalue weighted by Gasteiger charge is 2.17. The van der Waals surface area contributed by atoms with Gasteiger partial charge < -0.3 is 4.57 Å². The van der Waals surface area contributed by atoms with Gasteiger partial charge in [-0.15, -0.1) is 10.2 Å². The second kappa shape index (κ2) is 5.58. The molecule has 19 heavy (non-hydrogen) atoms. The molecule has 0 radical (unpaired) electrons. The van der Waals surface area contributed by atoms with Crippen molar-refractivity contribution in [3.05, 3.63) is 28.4 Å². The third-order valence-electron chi connectivity index (χ3n) is 3.04. The number of hydrogen-bond acceptors (Lipinski definition) is 4. The van der Waals surface area contributed by atoms with Crippen LogP contribution < -0.4 is 0 Å². The molecule has 0 atom stereocenters. The lowest BCUT2D eigenvalue weighted by Crippen LogP contribution is -2.02. The molecule has 0 aromatic carbocycles. The number of fused-ring (bicyclic) bond motifs is 1. The molecular weight excluding hydrogens is 331 g/mol. The summed E-state index contributed by atoms with van der Waals surface area (Å²) < 4.78 is 16.5. The van der Waals surface area contributed by atoms with Crippen LogP contribution in [0, 0.1) is 5.82 Å². The van der Waals surface area contributed by atoms with E-state index in [-0.39, 0.29) is 5.82 Å². The van der Waals surface area contributed by atoms with Crippen LogP contribution in [-0.2, 0) is 13.0 Å². The Hall–Kier alpha value is -0.950. The predicted octanol–water partition coefficient (Wildman–Crippen LogP) is 3.45. The van der Waals surface area contributed by atoms with Crippen molar-refractivity contribution in [1.82, 2.24) is 19.7 Å². The Bertz CT molecular complexity index is 601. The van der Waals surface area contributed by atoms with Gasteiger partial charge in [-0.25, -0.2) is 9.37 Å². The fourth-order valence-corrected chi connectivity index (χ4v) is 3.22. The molecular formula is C12H12BrFN4S. The van der Waals surface area contributed by atoms with Crippen molar-refractivity contribution < 1.29 is 4.39 Å². The van der Waals surface area contributed by atoms with Crippen LogP contribution in [0.15, 0.2) is 26.9 Å². The van der Waals surface area contributed by atoms with Crippen molar-refractivity contribution in [2.75, 3.05) is 0 Å². The van der Waals surface area contributed by atoms with Gasteiger partial charge in [0.2, 0.25) is 0 Å². The average molecular weight is 343 g/mol. The van der Waals surface area contributed by atoms with Gasteiger partial charge in [-0.2, -0.15) is 0 Å². The van der Waals surface area contributed by atoms with E-state index in [1.54, 1.807) is 6.20 Å². The quantitative estimate of drug-likeness (QED) is 0.838. The van der Waals surface area contributed by atoms with Crippen LogP contribution in [-0.4, -0.2) is 19.7 Å². The van der Waals surface area contributed by atoms with Gasteiger partial charge in [-0.3, -0.25) is 0 Å². The number of nitrogens with zero attached hydrogens (tertiary/aromatic N) is 4. The zero-order valence-corrected chi connectivity index (χ0v) is 12.5. The SMILES string of the molecule is Fc1cc(Br)cnc1Sc1nnc2n1CCCCC2. The summed E-state index contributed by atoms with van der Waals surface area (Å²) in [6, 6.07) is 1.41. The van der Waals surface area contributed by atoms with Crippen molar-refractivity contribution in [3.8, 4) is 0 Å². The second-order valence-corrected chi connectivity index (χ2v) is 6.28. The Morgan fingerprint density at radius 3 is 3.00 bits per heavy atom. The number of rotatable bonds is 2. The van der Waals surface area contributed by atoms with Gasteiger partial charge in [0.15, 0.2) is 11.0 Å². The highest BCUT2D eigenvalue weighted by molar-refractivity contribution is 9.10. The molecule has 0 spiro atoms. The molecule has 100 valence electrons. The smallest absolute Gasteiger partial charge is 0.197 e. The van der Waals surface area contributed by atoms with E-state index in [1.807, 2.05) is 0 Å². The summed E-state index contributed by atoms with van der Waals surface area (Å²) in [4.78, 5) is 4.09. The molecule has 0 bridgehead atoms. The second-order valence-electron chi connectivity index (χ2n) is 4.40. The molecule has 7 heteroatoms. The first-order valence-electron chi connectivity index (χ1n) is 6.15. The van der Waals surface area contributed by atoms with Gasteiger partial charge in [0.25, 0.3) is 0 Å². The third kappa shape index (κ3) is 2.81. The minimum absolute atomic E-state index is 0.336. The number of pyridine rings is 1. The zero-order chi connectivity index (χ0) is 13.2. The topological polar surface area (TPSA) is 43.6 Å². The van der Waals surface area contributed by atoms with Crippen molar-refractivity contribution in [2.45, 2.75) is 42.4 Å². The lowest BCUT2D eigenvalue weighted by atomic mass is 10.2. The van der Waals surface area contributed by atoms with Crippen LogP contribution in [0.5, 0.6) is 0 Å². The summed E-state index contributed by atoms with van der Waals surface area (Å²) in [6.45, 7) is 0.906. The van der Waals surface area contributed by atoms with Crippen molar-refractivity contribution in [2.24, 2.45) is 0 Å². The van der Waals surface area contributed by atoms with Crippen LogP contribution >= 0.6 is 27.7 Å². The molecule has 0 fully saturated rings. The fourth-order valence-electron chi connectivity index (χ4n) is 2.10. The lowest BCUT2D eigenvalue weighted by Gasteiger charge is -2.06. The van der Waals surface area contributed by atoms with E-state index in [2.05, 4.69) is 35.7 Å². The van der Waals surface area contributed by atoms with E-state index >= 15 is 0 Å². The maximum atomic E-state index is 13.8. The maximum Gasteiger partial charge on any atom is 0.197 e. The van der Waals surface area contributed by atoms with Gasteiger partial charge in [0.1, 0.15) is 10.9 Å². The molecule has 0 N–H and O–H groups in total. The first-order chi connectivity index (χ1) is 9.24. The van der Waals surface area contributed by atoms with Crippen molar-refractivity contribution in [1.29, 1.82) is 0 Å². The molecule has 2 aromatic heterocycles. The van der Waals surface area contributed by atoms with Crippen LogP contribution in [0.4, 0.5) is 4.39 Å². The van der Waals surface area contributed by atoms with Crippen LogP contribution in [0.25, 0.3) is 0 Å². The number of aryl methyl sites for hydroxylation is 1. The fraction of sp³-hybridized carbons (Fsp3) is 0.417. The highest BCUT2D eigenvalue weighted by Crippen LogP contribution is 2.29. The molecule has 0 saturated carbocycles. The normalized spacial score (nSPS) is 15.1. The monoisotopic (exact) mass is 342 g/mol. The van der Waals surface area contributed by atoms with E-state index in [0.717, 1.165) is 36.8 Å². The van der Waals surface area contributed by atoms with Crippen LogP contribution in [0.3, 0.4) is 0 Å². The largest absolute Gasteiger partial charge is 0.306 e. The Kier molecular flexibility index (Phi) is 3.83. The first kappa shape index (κ1) is 13.1. The van der Waals surface area contributed by atoms with Crippen LogP contribution in [0.1, 0.15) is 25.1 Å². The standard InChI is InChI=1S/C12H12BrFN4S/c13-8-6-9(14)11(15-7-8)19-12-17-16-10-4-2-1-3-5-18(10)12/h6-7H,1-5H2. The number of hydrogen-bond donors (Lipinski definition) is 0. The van der Waals surface area contributed by atoms with Crippen molar-refractivity contribution >= 4 is 27.7 Å². The number of halogens is 2. The molecule has 0 unspecified atom stereocenters. The minimum Gasteiger partial charge on any atom is -0.306 e. The number of aromatic nitrogens is 4. The van der Waals surface area contributed by atoms with Gasteiger partial charge in [-0.1, -0.05) is 6.42 Å². The Morgan fingerprint density at radius 1 is 1.26 bits per heavy atom. The maximum absolute atomic E-state index is 13.8. The van der Waals surface area contributed by atoms with Gasteiger partial charge >= 0.3 is 0 Å². The summed E-state index contributed by atoms with van der Waals surface area (Å²) in [5.74, 6) is 0.655. The molecule has 4 nitrogen and oxygen atoms in total. The summed E-state index contributed by atoms with van der Waals surface area (Å²) in [7, 11) is 0. The van der Waals surface area contributed by atoms with E-state index in [1.165, 1.54) is 24.2 Å². The minimum atomic E-state index is -0.342. The first-order valence-corrected chi connectivity index (χ1v) is 7.76. The summed E-state index contributed by atoms with van der Waals surface area (Å²) in [5.41, 5.74) is 0. The van der Waals surface area contributed by atoms with Crippen LogP contribution in [0.2, 0.25) is 0 Å². The van der Waals surface area contributed by atoms with E-state index in [9.17, 15) is 4.39 Å². The predicted molar refractivity (Wildman–Crippen MR) is 73.6 cm³/mol. The highest BCUT2D eigenvalue weighted by atomic mass is 79.9. The summed E-state index contributed by atoms with van der Waals surface area (Å²) in [5, 5.41) is 9.41. The van der Waals surface area contributed by atoms with Gasteiger partial charge in [0, 0.05) is 23.6 Å². The Labute approximate surface area is 123 Å². The molecule has 3 heterocycles. The summed E-state index contributed by atoms with van der Waals surface area (Å²) >= 11 is 4.44. The molecule has 0 saturated heterocycles. The molecule has 1 aliphatic rings. The molecule has 0 aliphatic carbocycles.